The molecule has 1 aliphatic rings. The number of carbonyl (C=O) groups excluding carboxylic acids is 1. The van der Waals surface area contributed by atoms with Gasteiger partial charge in [0.05, 0.1) is 20.9 Å². The molecule has 29 heavy (non-hydrogen) atoms. The van der Waals surface area contributed by atoms with Gasteiger partial charge in [0, 0.05) is 5.92 Å². The zero-order chi connectivity index (χ0) is 20.7. The number of anilines is 1. The number of hydrogen-bond donors (Lipinski definition) is 1. The molecule has 0 unspecified atom stereocenters. The van der Waals surface area contributed by atoms with Gasteiger partial charge in [-0.1, -0.05) is 22.9 Å². The van der Waals surface area contributed by atoms with Crippen LogP contribution in [-0.2, 0) is 11.3 Å². The molecule has 0 bridgehead atoms. The predicted molar refractivity (Wildman–Crippen MR) is 99.1 cm³/mol. The molecule has 4 rings (SSSR count). The Bertz CT molecular complexity index is 1070. The fourth-order valence-corrected chi connectivity index (χ4v) is 4.19. The van der Waals surface area contributed by atoms with Gasteiger partial charge >= 0.3 is 6.61 Å². The Morgan fingerprint density at radius 1 is 1.34 bits per heavy atom. The average Bonchev–Trinajstić information content (AvgIpc) is 3.29. The summed E-state index contributed by atoms with van der Waals surface area (Å²) < 4.78 is 56.9. The van der Waals surface area contributed by atoms with Crippen molar-refractivity contribution >= 4 is 44.2 Å². The standard InChI is InChI=1S/C17H13ClF4N4O2S/c18-12-13(15(19)20)25-26(14(12)7-1-2-7)6-11(27)24-17-23-9-4-3-8(28-16(21)22)5-10(9)29-17/h3-5,7,15-16H,1-2,6H2,(H,23,24,27). The maximum Gasteiger partial charge on any atom is 0.387 e. The number of ether oxygens (including phenoxy) is 1. The van der Waals surface area contributed by atoms with Crippen LogP contribution in [0.15, 0.2) is 18.2 Å². The molecule has 154 valence electrons. The quantitative estimate of drug-likeness (QED) is 0.504. The monoisotopic (exact) mass is 448 g/mol. The Kier molecular flexibility index (Phi) is 5.34. The summed E-state index contributed by atoms with van der Waals surface area (Å²) >= 11 is 7.11. The number of thiazole rings is 1. The number of nitrogens with one attached hydrogen (secondary N) is 1. The molecule has 1 saturated carbocycles. The van der Waals surface area contributed by atoms with Crippen LogP contribution in [0.5, 0.6) is 5.75 Å². The highest BCUT2D eigenvalue weighted by molar-refractivity contribution is 7.22. The Hall–Kier alpha value is -2.40. The van der Waals surface area contributed by atoms with Gasteiger partial charge in [-0.05, 0) is 31.0 Å². The molecular weight excluding hydrogens is 436 g/mol. The second-order valence-electron chi connectivity index (χ2n) is 6.39. The van der Waals surface area contributed by atoms with Gasteiger partial charge in [0.15, 0.2) is 5.13 Å². The Morgan fingerprint density at radius 2 is 2.10 bits per heavy atom. The lowest BCUT2D eigenvalue weighted by molar-refractivity contribution is -0.117. The Balaban J connectivity index is 1.51. The summed E-state index contributed by atoms with van der Waals surface area (Å²) in [6.07, 6.45) is -1.23. The molecule has 3 aromatic rings. The molecule has 1 fully saturated rings. The molecule has 2 aromatic heterocycles. The molecule has 6 nitrogen and oxygen atoms in total. The van der Waals surface area contributed by atoms with E-state index in [1.165, 1.54) is 22.9 Å². The van der Waals surface area contributed by atoms with Crippen LogP contribution in [0.3, 0.4) is 0 Å². The van der Waals surface area contributed by atoms with E-state index in [2.05, 4.69) is 20.1 Å². The summed E-state index contributed by atoms with van der Waals surface area (Å²) in [5.74, 6) is -0.519. The summed E-state index contributed by atoms with van der Waals surface area (Å²) in [7, 11) is 0. The van der Waals surface area contributed by atoms with E-state index in [-0.39, 0.29) is 28.4 Å². The minimum absolute atomic E-state index is 0.0195. The number of carbonyl (C=O) groups is 1. The molecule has 2 heterocycles. The van der Waals surface area contributed by atoms with Crippen molar-refractivity contribution in [3.8, 4) is 5.75 Å². The third-order valence-electron chi connectivity index (χ3n) is 4.25. The fraction of sp³-hybridized carbons (Fsp3) is 0.353. The van der Waals surface area contributed by atoms with Crippen LogP contribution in [0.4, 0.5) is 22.7 Å². The number of halogens is 5. The fourth-order valence-electron chi connectivity index (χ4n) is 2.91. The van der Waals surface area contributed by atoms with Crippen LogP contribution in [-0.4, -0.2) is 27.3 Å². The smallest absolute Gasteiger partial charge is 0.387 e. The topological polar surface area (TPSA) is 69.0 Å². The minimum Gasteiger partial charge on any atom is -0.435 e. The number of rotatable bonds is 7. The number of amides is 1. The van der Waals surface area contributed by atoms with Crippen molar-refractivity contribution in [1.29, 1.82) is 0 Å². The largest absolute Gasteiger partial charge is 0.435 e. The molecule has 1 N–H and O–H groups in total. The van der Waals surface area contributed by atoms with Crippen LogP contribution in [0.2, 0.25) is 5.02 Å². The second-order valence-corrected chi connectivity index (χ2v) is 7.80. The van der Waals surface area contributed by atoms with Crippen molar-refractivity contribution in [3.63, 3.8) is 0 Å². The number of nitrogens with zero attached hydrogens (tertiary/aromatic N) is 3. The number of alkyl halides is 4. The van der Waals surface area contributed by atoms with E-state index >= 15 is 0 Å². The number of hydrogen-bond acceptors (Lipinski definition) is 5. The highest BCUT2D eigenvalue weighted by atomic mass is 35.5. The van der Waals surface area contributed by atoms with Gasteiger partial charge < -0.3 is 10.1 Å². The van der Waals surface area contributed by atoms with Gasteiger partial charge in [-0.3, -0.25) is 9.48 Å². The zero-order valence-corrected chi connectivity index (χ0v) is 16.1. The Labute approximate surface area is 170 Å². The zero-order valence-electron chi connectivity index (χ0n) is 14.5. The highest BCUT2D eigenvalue weighted by Crippen LogP contribution is 2.45. The van der Waals surface area contributed by atoms with Gasteiger partial charge in [0.2, 0.25) is 5.91 Å². The second kappa shape index (κ2) is 7.79. The molecule has 0 saturated heterocycles. The van der Waals surface area contributed by atoms with Crippen LogP contribution in [0, 0.1) is 0 Å². The van der Waals surface area contributed by atoms with Crippen LogP contribution in [0.25, 0.3) is 10.2 Å². The average molecular weight is 449 g/mol. The SMILES string of the molecule is O=C(Cn1nc(C(F)F)c(Cl)c1C1CC1)Nc1nc2ccc(OC(F)F)cc2s1. The molecule has 12 heteroatoms. The van der Waals surface area contributed by atoms with Crippen LogP contribution >= 0.6 is 22.9 Å². The first kappa shape index (κ1) is 19.9. The lowest BCUT2D eigenvalue weighted by atomic mass is 10.2. The van der Waals surface area contributed by atoms with Gasteiger partial charge in [0.1, 0.15) is 18.0 Å². The van der Waals surface area contributed by atoms with Crippen molar-refractivity contribution in [2.75, 3.05) is 5.32 Å². The van der Waals surface area contributed by atoms with Crippen LogP contribution < -0.4 is 10.1 Å². The lowest BCUT2D eigenvalue weighted by Gasteiger charge is -2.06. The first-order chi connectivity index (χ1) is 13.8. The summed E-state index contributed by atoms with van der Waals surface area (Å²) in [6, 6.07) is 4.23. The van der Waals surface area contributed by atoms with E-state index in [4.69, 9.17) is 11.6 Å². The summed E-state index contributed by atoms with van der Waals surface area (Å²) in [4.78, 5) is 16.6. The minimum atomic E-state index is -2.95. The van der Waals surface area contributed by atoms with E-state index in [1.807, 2.05) is 0 Å². The molecule has 0 spiro atoms. The van der Waals surface area contributed by atoms with E-state index in [9.17, 15) is 22.4 Å². The third kappa shape index (κ3) is 4.30. The molecule has 0 aliphatic heterocycles. The lowest BCUT2D eigenvalue weighted by Crippen LogP contribution is -2.20. The van der Waals surface area contributed by atoms with Crippen molar-refractivity contribution in [3.05, 3.63) is 34.6 Å². The summed E-state index contributed by atoms with van der Waals surface area (Å²) in [5.41, 5.74) is 0.399. The van der Waals surface area contributed by atoms with Gasteiger partial charge in [-0.25, -0.2) is 13.8 Å². The molecule has 1 aromatic carbocycles. The molecule has 0 atom stereocenters. The highest BCUT2D eigenvalue weighted by Gasteiger charge is 2.34. The first-order valence-electron chi connectivity index (χ1n) is 8.51. The predicted octanol–water partition coefficient (Wildman–Crippen LogP) is 5.20. The molecule has 1 aliphatic carbocycles. The van der Waals surface area contributed by atoms with Crippen molar-refractivity contribution in [2.45, 2.75) is 38.3 Å². The Morgan fingerprint density at radius 3 is 2.76 bits per heavy atom. The number of fused-ring (bicyclic) bond motifs is 1. The maximum absolute atomic E-state index is 13.1. The normalized spacial score (nSPS) is 14.2. The molecule has 0 radical (unpaired) electrons. The van der Waals surface area contributed by atoms with Gasteiger partial charge in [0.25, 0.3) is 6.43 Å². The summed E-state index contributed by atoms with van der Waals surface area (Å²) in [5, 5.41) is 6.52. The van der Waals surface area contributed by atoms with Gasteiger partial charge in [-0.2, -0.15) is 13.9 Å². The van der Waals surface area contributed by atoms with E-state index in [0.29, 0.717) is 15.9 Å². The van der Waals surface area contributed by atoms with E-state index < -0.39 is 24.6 Å². The van der Waals surface area contributed by atoms with E-state index in [1.54, 1.807) is 0 Å². The molecule has 1 amide bonds. The number of benzene rings is 1. The van der Waals surface area contributed by atoms with Crippen molar-refractivity contribution in [2.24, 2.45) is 0 Å². The van der Waals surface area contributed by atoms with Crippen molar-refractivity contribution in [1.82, 2.24) is 14.8 Å². The number of aromatic nitrogens is 3. The molecular formula is C17H13ClF4N4O2S. The summed E-state index contributed by atoms with van der Waals surface area (Å²) in [6.45, 7) is -3.24. The van der Waals surface area contributed by atoms with Crippen molar-refractivity contribution < 1.29 is 27.1 Å². The maximum atomic E-state index is 13.1. The third-order valence-corrected chi connectivity index (χ3v) is 5.57. The van der Waals surface area contributed by atoms with Gasteiger partial charge in [-0.15, -0.1) is 0 Å². The van der Waals surface area contributed by atoms with Crippen LogP contribution in [0.1, 0.15) is 36.6 Å². The first-order valence-corrected chi connectivity index (χ1v) is 9.70. The van der Waals surface area contributed by atoms with E-state index in [0.717, 1.165) is 24.2 Å².